The van der Waals surface area contributed by atoms with Crippen molar-refractivity contribution in [2.75, 3.05) is 7.11 Å². The van der Waals surface area contributed by atoms with Crippen LogP contribution in [0.4, 0.5) is 0 Å². The van der Waals surface area contributed by atoms with Crippen LogP contribution in [0.15, 0.2) is 30.4 Å². The first-order chi connectivity index (χ1) is 8.30. The Balaban J connectivity index is 2.52. The van der Waals surface area contributed by atoms with Gasteiger partial charge in [-0.2, -0.15) is 0 Å². The van der Waals surface area contributed by atoms with Crippen molar-refractivity contribution in [3.63, 3.8) is 0 Å². The first kappa shape index (κ1) is 13.2. The molecule has 1 heteroatoms. The van der Waals surface area contributed by atoms with Crippen LogP contribution in [0.2, 0.25) is 0 Å². The minimum Gasteiger partial charge on any atom is -0.497 e. The Morgan fingerprint density at radius 3 is 2.56 bits per heavy atom. The number of fused-ring (bicyclic) bond motifs is 1. The van der Waals surface area contributed by atoms with Crippen LogP contribution in [0.1, 0.15) is 45.2 Å². The van der Waals surface area contributed by atoms with Crippen molar-refractivity contribution in [1.29, 1.82) is 0 Å². The lowest BCUT2D eigenvalue weighted by Crippen LogP contribution is -2.35. The summed E-state index contributed by atoms with van der Waals surface area (Å²) in [6.07, 6.45) is 2.17. The summed E-state index contributed by atoms with van der Waals surface area (Å²) in [7, 11) is 1.73. The molecule has 0 spiro atoms. The van der Waals surface area contributed by atoms with Crippen molar-refractivity contribution in [3.05, 3.63) is 41.5 Å². The Kier molecular flexibility index (Phi) is 3.04. The third-order valence-electron chi connectivity index (χ3n) is 4.69. The third kappa shape index (κ3) is 1.86. The molecule has 1 aromatic carbocycles. The highest BCUT2D eigenvalue weighted by atomic mass is 16.5. The van der Waals surface area contributed by atoms with Crippen LogP contribution >= 0.6 is 0 Å². The van der Waals surface area contributed by atoms with Gasteiger partial charge in [-0.1, -0.05) is 32.4 Å². The molecule has 1 aliphatic carbocycles. The van der Waals surface area contributed by atoms with Gasteiger partial charge in [0.05, 0.1) is 7.11 Å². The minimum absolute atomic E-state index is 0.181. The summed E-state index contributed by atoms with van der Waals surface area (Å²) in [5.41, 5.74) is 4.61. The summed E-state index contributed by atoms with van der Waals surface area (Å²) in [5, 5.41) is 0. The van der Waals surface area contributed by atoms with E-state index in [9.17, 15) is 0 Å². The predicted molar refractivity (Wildman–Crippen MR) is 77.3 cm³/mol. The van der Waals surface area contributed by atoms with Crippen molar-refractivity contribution < 1.29 is 4.74 Å². The summed E-state index contributed by atoms with van der Waals surface area (Å²) in [6, 6.07) is 6.52. The second kappa shape index (κ2) is 4.15. The molecule has 0 aromatic heterocycles. The average Bonchev–Trinajstić information content (AvgIpc) is 2.44. The maximum absolute atomic E-state index is 5.34. The van der Waals surface area contributed by atoms with Gasteiger partial charge in [-0.05, 0) is 48.4 Å². The summed E-state index contributed by atoms with van der Waals surface area (Å²) in [4.78, 5) is 0. The Morgan fingerprint density at radius 2 is 2.00 bits per heavy atom. The van der Waals surface area contributed by atoms with Gasteiger partial charge in [0.15, 0.2) is 0 Å². The van der Waals surface area contributed by atoms with E-state index < -0.39 is 0 Å². The highest BCUT2D eigenvalue weighted by Crippen LogP contribution is 2.54. The molecule has 0 fully saturated rings. The highest BCUT2D eigenvalue weighted by molar-refractivity contribution is 5.47. The lowest BCUT2D eigenvalue weighted by molar-refractivity contribution is 0.202. The maximum Gasteiger partial charge on any atom is 0.119 e. The van der Waals surface area contributed by atoms with E-state index in [-0.39, 0.29) is 10.8 Å². The normalized spacial score (nSPS) is 24.7. The van der Waals surface area contributed by atoms with E-state index in [0.717, 1.165) is 18.6 Å². The number of hydrogen-bond donors (Lipinski definition) is 0. The predicted octanol–water partition coefficient (Wildman–Crippen LogP) is 4.50. The van der Waals surface area contributed by atoms with Crippen molar-refractivity contribution in [2.45, 2.75) is 46.0 Å². The van der Waals surface area contributed by atoms with E-state index in [4.69, 9.17) is 4.74 Å². The molecule has 1 nitrogen and oxygen atoms in total. The van der Waals surface area contributed by atoms with Gasteiger partial charge in [-0.25, -0.2) is 0 Å². The Morgan fingerprint density at radius 1 is 1.33 bits per heavy atom. The molecule has 0 heterocycles. The van der Waals surface area contributed by atoms with Gasteiger partial charge in [-0.3, -0.25) is 0 Å². The average molecular weight is 244 g/mol. The van der Waals surface area contributed by atoms with Crippen molar-refractivity contribution in [3.8, 4) is 5.75 Å². The molecule has 1 atom stereocenters. The second-order valence-electron chi connectivity index (χ2n) is 6.55. The van der Waals surface area contributed by atoms with Gasteiger partial charge in [0.1, 0.15) is 5.75 Å². The van der Waals surface area contributed by atoms with Crippen LogP contribution in [-0.2, 0) is 11.8 Å². The molecule has 98 valence electrons. The zero-order chi connectivity index (χ0) is 13.6. The second-order valence-corrected chi connectivity index (χ2v) is 6.55. The molecule has 2 rings (SSSR count). The maximum atomic E-state index is 5.34. The molecule has 0 radical (unpaired) electrons. The fourth-order valence-electron chi connectivity index (χ4n) is 3.36. The standard InChI is InChI=1S/C17H24O/c1-12(2)10-17(5)15-8-7-14(18-6)9-13(15)11-16(17,3)4/h7-9H,1,10-11H2,2-6H3/t17-/m1/s1. The number of ether oxygens (including phenoxy) is 1. The molecule has 1 aliphatic rings. The fraction of sp³-hybridized carbons (Fsp3) is 0.529. The number of methoxy groups -OCH3 is 1. The van der Waals surface area contributed by atoms with Gasteiger partial charge in [0.25, 0.3) is 0 Å². The van der Waals surface area contributed by atoms with Crippen molar-refractivity contribution in [1.82, 2.24) is 0 Å². The van der Waals surface area contributed by atoms with Gasteiger partial charge >= 0.3 is 0 Å². The number of hydrogen-bond acceptors (Lipinski definition) is 1. The molecular weight excluding hydrogens is 220 g/mol. The molecule has 18 heavy (non-hydrogen) atoms. The van der Waals surface area contributed by atoms with Crippen LogP contribution in [0.5, 0.6) is 5.75 Å². The zero-order valence-corrected chi connectivity index (χ0v) is 12.3. The lowest BCUT2D eigenvalue weighted by Gasteiger charge is -2.39. The van der Waals surface area contributed by atoms with Gasteiger partial charge < -0.3 is 4.74 Å². The number of allylic oxidation sites excluding steroid dienone is 1. The van der Waals surface area contributed by atoms with Gasteiger partial charge in [-0.15, -0.1) is 6.58 Å². The number of benzene rings is 1. The summed E-state index contributed by atoms with van der Waals surface area (Å²) in [6.45, 7) is 13.3. The molecule has 0 N–H and O–H groups in total. The van der Waals surface area contributed by atoms with Crippen molar-refractivity contribution >= 4 is 0 Å². The Labute approximate surface area is 111 Å². The van der Waals surface area contributed by atoms with Crippen LogP contribution in [0, 0.1) is 5.41 Å². The van der Waals surface area contributed by atoms with E-state index >= 15 is 0 Å². The first-order valence-electron chi connectivity index (χ1n) is 6.62. The smallest absolute Gasteiger partial charge is 0.119 e. The highest BCUT2D eigenvalue weighted by Gasteiger charge is 2.48. The fourth-order valence-corrected chi connectivity index (χ4v) is 3.36. The SMILES string of the molecule is C=C(C)C[C@]1(C)c2ccc(OC)cc2CC1(C)C. The Hall–Kier alpha value is -1.24. The quantitative estimate of drug-likeness (QED) is 0.711. The van der Waals surface area contributed by atoms with E-state index in [1.54, 1.807) is 7.11 Å². The van der Waals surface area contributed by atoms with Crippen LogP contribution in [-0.4, -0.2) is 7.11 Å². The Bertz CT molecular complexity index is 484. The van der Waals surface area contributed by atoms with Gasteiger partial charge in [0.2, 0.25) is 0 Å². The lowest BCUT2D eigenvalue weighted by atomic mass is 9.64. The molecular formula is C17H24O. The van der Waals surface area contributed by atoms with E-state index in [2.05, 4.69) is 52.5 Å². The van der Waals surface area contributed by atoms with Crippen LogP contribution < -0.4 is 4.74 Å². The minimum atomic E-state index is 0.181. The van der Waals surface area contributed by atoms with E-state index in [0.29, 0.717) is 0 Å². The molecule has 1 aromatic rings. The molecule has 0 saturated carbocycles. The molecule has 0 saturated heterocycles. The summed E-state index contributed by atoms with van der Waals surface area (Å²) >= 11 is 0. The molecule has 0 amide bonds. The summed E-state index contributed by atoms with van der Waals surface area (Å²) < 4.78 is 5.34. The zero-order valence-electron chi connectivity index (χ0n) is 12.3. The molecule has 0 unspecified atom stereocenters. The third-order valence-corrected chi connectivity index (χ3v) is 4.69. The molecule has 0 aliphatic heterocycles. The topological polar surface area (TPSA) is 9.23 Å². The van der Waals surface area contributed by atoms with E-state index in [1.165, 1.54) is 16.7 Å². The van der Waals surface area contributed by atoms with Crippen LogP contribution in [0.3, 0.4) is 0 Å². The van der Waals surface area contributed by atoms with Crippen LogP contribution in [0.25, 0.3) is 0 Å². The summed E-state index contributed by atoms with van der Waals surface area (Å²) in [5.74, 6) is 0.962. The molecule has 0 bridgehead atoms. The first-order valence-corrected chi connectivity index (χ1v) is 6.62. The number of rotatable bonds is 3. The van der Waals surface area contributed by atoms with Crippen molar-refractivity contribution in [2.24, 2.45) is 5.41 Å². The van der Waals surface area contributed by atoms with Gasteiger partial charge in [0, 0.05) is 5.41 Å². The van der Waals surface area contributed by atoms with E-state index in [1.807, 2.05) is 0 Å². The monoisotopic (exact) mass is 244 g/mol. The largest absolute Gasteiger partial charge is 0.497 e.